The minimum Gasteiger partial charge on any atom is -0.331 e. The first-order valence-corrected chi connectivity index (χ1v) is 10.9. The molecule has 1 N–H and O–H groups in total. The van der Waals surface area contributed by atoms with Crippen molar-refractivity contribution in [2.24, 2.45) is 0 Å². The maximum absolute atomic E-state index is 12.6. The first-order valence-electron chi connectivity index (χ1n) is 9.02. The molecule has 0 bridgehead atoms. The van der Waals surface area contributed by atoms with Crippen LogP contribution in [0.25, 0.3) is 10.8 Å². The number of piperazine rings is 1. The zero-order valence-corrected chi connectivity index (χ0v) is 16.3. The number of fused-ring (bicyclic) bond motifs is 1. The van der Waals surface area contributed by atoms with Crippen LogP contribution in [0.3, 0.4) is 0 Å². The van der Waals surface area contributed by atoms with Crippen LogP contribution in [0.2, 0.25) is 0 Å². The van der Waals surface area contributed by atoms with Crippen LogP contribution < -0.4 is 4.90 Å². The molecule has 0 radical (unpaired) electrons. The van der Waals surface area contributed by atoms with Gasteiger partial charge < -0.3 is 9.80 Å². The first kappa shape index (κ1) is 17.6. The highest BCUT2D eigenvalue weighted by Crippen LogP contribution is 2.23. The highest BCUT2D eigenvalue weighted by atomic mass is 32.2. The van der Waals surface area contributed by atoms with E-state index in [2.05, 4.69) is 59.3 Å². The van der Waals surface area contributed by atoms with E-state index in [1.165, 1.54) is 21.2 Å². The van der Waals surface area contributed by atoms with Crippen molar-refractivity contribution >= 4 is 39.8 Å². The number of carbonyl (C=O) groups is 1. The standard InChI is InChI=1S/C21H22N2OS2/c24-21(16-26-20-6-5-18-3-1-2-4-19(18)13-20)23-10-8-22(9-11-23)14-17-7-12-25-15-17/h1-7,12-13,15H,8-11,14,16H2/p+1. The fraction of sp³-hybridized carbons (Fsp3) is 0.286. The van der Waals surface area contributed by atoms with Gasteiger partial charge in [0.05, 0.1) is 31.9 Å². The average molecular weight is 384 g/mol. The molecule has 0 unspecified atom stereocenters. The van der Waals surface area contributed by atoms with Gasteiger partial charge >= 0.3 is 0 Å². The van der Waals surface area contributed by atoms with E-state index in [1.54, 1.807) is 28.0 Å². The summed E-state index contributed by atoms with van der Waals surface area (Å²) in [6.07, 6.45) is 0. The number of rotatable bonds is 5. The molecule has 26 heavy (non-hydrogen) atoms. The van der Waals surface area contributed by atoms with Crippen LogP contribution in [0.15, 0.2) is 64.2 Å². The molecule has 134 valence electrons. The summed E-state index contributed by atoms with van der Waals surface area (Å²) in [6.45, 7) is 4.91. The second-order valence-corrected chi connectivity index (χ2v) is 8.57. The Balaban J connectivity index is 1.27. The number of nitrogens with one attached hydrogen (secondary N) is 1. The fourth-order valence-corrected chi connectivity index (χ4v) is 4.94. The van der Waals surface area contributed by atoms with E-state index in [9.17, 15) is 4.79 Å². The molecule has 1 fully saturated rings. The zero-order chi connectivity index (χ0) is 17.8. The number of hydrogen-bond acceptors (Lipinski definition) is 3. The number of amides is 1. The summed E-state index contributed by atoms with van der Waals surface area (Å²) in [6, 6.07) is 17.0. The SMILES string of the molecule is O=C(CSc1ccc2ccccc2c1)N1CC[NH+](Cc2ccsc2)CC1. The maximum Gasteiger partial charge on any atom is 0.233 e. The molecule has 5 heteroatoms. The van der Waals surface area contributed by atoms with E-state index >= 15 is 0 Å². The predicted octanol–water partition coefficient (Wildman–Crippen LogP) is 2.92. The Morgan fingerprint density at radius 2 is 1.88 bits per heavy atom. The topological polar surface area (TPSA) is 24.8 Å². The summed E-state index contributed by atoms with van der Waals surface area (Å²) in [5, 5.41) is 6.84. The normalized spacial score (nSPS) is 15.5. The van der Waals surface area contributed by atoms with Gasteiger partial charge in [0, 0.05) is 10.5 Å². The highest BCUT2D eigenvalue weighted by Gasteiger charge is 2.23. The molecular formula is C21H23N2OS2+. The third kappa shape index (κ3) is 4.29. The second-order valence-electron chi connectivity index (χ2n) is 6.74. The van der Waals surface area contributed by atoms with Crippen LogP contribution in [0, 0.1) is 0 Å². The predicted molar refractivity (Wildman–Crippen MR) is 110 cm³/mol. The van der Waals surface area contributed by atoms with Crippen molar-refractivity contribution in [3.05, 3.63) is 64.9 Å². The van der Waals surface area contributed by atoms with Crippen molar-refractivity contribution in [2.75, 3.05) is 31.9 Å². The Bertz CT molecular complexity index is 871. The molecule has 1 aliphatic heterocycles. The molecule has 0 saturated carbocycles. The minimum atomic E-state index is 0.262. The Labute approximate surface area is 162 Å². The lowest BCUT2D eigenvalue weighted by Gasteiger charge is -2.32. The summed E-state index contributed by atoms with van der Waals surface area (Å²) in [5.41, 5.74) is 1.41. The van der Waals surface area contributed by atoms with E-state index < -0.39 is 0 Å². The second kappa shape index (κ2) is 8.25. The summed E-state index contributed by atoms with van der Waals surface area (Å²) < 4.78 is 0. The average Bonchev–Trinajstić information content (AvgIpc) is 3.19. The maximum atomic E-state index is 12.6. The molecule has 1 amide bonds. The van der Waals surface area contributed by atoms with Crippen molar-refractivity contribution < 1.29 is 9.69 Å². The van der Waals surface area contributed by atoms with E-state index in [4.69, 9.17) is 0 Å². The number of carbonyl (C=O) groups excluding carboxylic acids is 1. The van der Waals surface area contributed by atoms with Gasteiger partial charge in [0.15, 0.2) is 0 Å². The molecule has 4 rings (SSSR count). The number of thioether (sulfide) groups is 1. The third-order valence-corrected chi connectivity index (χ3v) is 6.65. The minimum absolute atomic E-state index is 0.262. The number of quaternary nitrogens is 1. The molecule has 3 nitrogen and oxygen atoms in total. The lowest BCUT2D eigenvalue weighted by Crippen LogP contribution is -3.13. The molecule has 1 saturated heterocycles. The molecule has 2 aromatic carbocycles. The lowest BCUT2D eigenvalue weighted by atomic mass is 10.1. The van der Waals surface area contributed by atoms with Crippen LogP contribution in [0.1, 0.15) is 5.56 Å². The number of benzene rings is 2. The van der Waals surface area contributed by atoms with Crippen molar-refractivity contribution in [1.82, 2.24) is 4.90 Å². The largest absolute Gasteiger partial charge is 0.331 e. The Morgan fingerprint density at radius 3 is 2.65 bits per heavy atom. The molecule has 0 spiro atoms. The Kier molecular flexibility index (Phi) is 5.58. The molecule has 1 aromatic heterocycles. The van der Waals surface area contributed by atoms with Gasteiger partial charge in [-0.05, 0) is 39.7 Å². The first-order chi connectivity index (χ1) is 12.8. The lowest BCUT2D eigenvalue weighted by molar-refractivity contribution is -0.917. The van der Waals surface area contributed by atoms with Crippen LogP contribution in [-0.4, -0.2) is 42.7 Å². The molecule has 2 heterocycles. The monoisotopic (exact) mass is 383 g/mol. The van der Waals surface area contributed by atoms with E-state index in [1.807, 2.05) is 4.90 Å². The van der Waals surface area contributed by atoms with Gasteiger partial charge in [-0.2, -0.15) is 11.3 Å². The fourth-order valence-electron chi connectivity index (χ4n) is 3.42. The highest BCUT2D eigenvalue weighted by molar-refractivity contribution is 8.00. The van der Waals surface area contributed by atoms with Crippen LogP contribution in [0.5, 0.6) is 0 Å². The van der Waals surface area contributed by atoms with Crippen molar-refractivity contribution in [2.45, 2.75) is 11.4 Å². The van der Waals surface area contributed by atoms with Gasteiger partial charge in [-0.1, -0.05) is 30.3 Å². The Hall–Kier alpha value is -1.82. The van der Waals surface area contributed by atoms with Crippen LogP contribution in [-0.2, 0) is 11.3 Å². The number of nitrogens with zero attached hydrogens (tertiary/aromatic N) is 1. The molecule has 3 aromatic rings. The third-order valence-electron chi connectivity index (χ3n) is 4.94. The van der Waals surface area contributed by atoms with Crippen molar-refractivity contribution in [3.8, 4) is 0 Å². The van der Waals surface area contributed by atoms with Crippen molar-refractivity contribution in [3.63, 3.8) is 0 Å². The quantitative estimate of drug-likeness (QED) is 0.685. The van der Waals surface area contributed by atoms with Crippen molar-refractivity contribution in [1.29, 1.82) is 0 Å². The van der Waals surface area contributed by atoms with Gasteiger partial charge in [-0.15, -0.1) is 11.8 Å². The number of hydrogen-bond donors (Lipinski definition) is 1. The smallest absolute Gasteiger partial charge is 0.233 e. The summed E-state index contributed by atoms with van der Waals surface area (Å²) in [5.74, 6) is 0.788. The van der Waals surface area contributed by atoms with Crippen LogP contribution >= 0.6 is 23.1 Å². The van der Waals surface area contributed by atoms with Crippen LogP contribution in [0.4, 0.5) is 0 Å². The zero-order valence-electron chi connectivity index (χ0n) is 14.7. The summed E-state index contributed by atoms with van der Waals surface area (Å²) in [4.78, 5) is 17.3. The molecule has 0 aliphatic carbocycles. The molecule has 0 atom stereocenters. The molecule has 1 aliphatic rings. The van der Waals surface area contributed by atoms with Gasteiger partial charge in [0.2, 0.25) is 5.91 Å². The Morgan fingerprint density at radius 1 is 1.08 bits per heavy atom. The van der Waals surface area contributed by atoms with Gasteiger partial charge in [-0.3, -0.25) is 4.79 Å². The van der Waals surface area contributed by atoms with Gasteiger partial charge in [0.1, 0.15) is 6.54 Å². The van der Waals surface area contributed by atoms with Gasteiger partial charge in [-0.25, -0.2) is 0 Å². The molecular weight excluding hydrogens is 360 g/mol. The van der Waals surface area contributed by atoms with Gasteiger partial charge in [0.25, 0.3) is 0 Å². The van der Waals surface area contributed by atoms with E-state index in [-0.39, 0.29) is 5.91 Å². The summed E-state index contributed by atoms with van der Waals surface area (Å²) in [7, 11) is 0. The van der Waals surface area contributed by atoms with E-state index in [0.717, 1.165) is 32.7 Å². The number of thiophene rings is 1. The summed E-state index contributed by atoms with van der Waals surface area (Å²) >= 11 is 3.40. The van der Waals surface area contributed by atoms with E-state index in [0.29, 0.717) is 5.75 Å².